The molecule has 0 bridgehead atoms. The van der Waals surface area contributed by atoms with E-state index < -0.39 is 9.28 Å². The third-order valence-electron chi connectivity index (χ3n) is 3.03. The average molecular weight is 276 g/mol. The molecular formula is C15H35O2Si. The summed E-state index contributed by atoms with van der Waals surface area (Å²) in [4.78, 5) is 0. The summed E-state index contributed by atoms with van der Waals surface area (Å²) in [6.07, 6.45) is 14.4. The quantitative estimate of drug-likeness (QED) is 0.375. The Morgan fingerprint density at radius 3 is 1.06 bits per heavy atom. The minimum atomic E-state index is -0.868. The number of unbranched alkanes of at least 4 members (excludes halogenated alkanes) is 9. The van der Waals surface area contributed by atoms with Crippen molar-refractivity contribution in [2.24, 2.45) is 0 Å². The molecule has 0 rings (SSSR count). The molecule has 0 saturated carbocycles. The number of rotatable bonds is 11. The first-order chi connectivity index (χ1) is 8.72. The number of hydrogen-bond acceptors (Lipinski definition) is 2. The first kappa shape index (κ1) is 20.5. The third-order valence-corrected chi connectivity index (χ3v) is 4.18. The molecule has 0 heterocycles. The molecule has 111 valence electrons. The van der Waals surface area contributed by atoms with Gasteiger partial charge in [-0.05, 0) is 6.55 Å². The van der Waals surface area contributed by atoms with Gasteiger partial charge in [-0.3, -0.25) is 0 Å². The molecule has 0 atom stereocenters. The van der Waals surface area contributed by atoms with Crippen molar-refractivity contribution in [2.75, 3.05) is 14.2 Å². The van der Waals surface area contributed by atoms with Gasteiger partial charge in [0.2, 0.25) is 0 Å². The van der Waals surface area contributed by atoms with Crippen LogP contribution in [0.2, 0.25) is 6.55 Å². The largest absolute Gasteiger partial charge is 0.397 e. The van der Waals surface area contributed by atoms with Crippen molar-refractivity contribution >= 4 is 9.28 Å². The number of hydrogen-bond donors (Lipinski definition) is 0. The van der Waals surface area contributed by atoms with Crippen LogP contribution >= 0.6 is 0 Å². The maximum Gasteiger partial charge on any atom is 0.380 e. The van der Waals surface area contributed by atoms with Gasteiger partial charge in [0.05, 0.1) is 0 Å². The van der Waals surface area contributed by atoms with Crippen molar-refractivity contribution in [1.29, 1.82) is 0 Å². The molecule has 0 N–H and O–H groups in total. The Kier molecular flexibility index (Phi) is 22.1. The summed E-state index contributed by atoms with van der Waals surface area (Å²) in [7, 11) is 2.43. The van der Waals surface area contributed by atoms with E-state index in [0.29, 0.717) is 0 Å². The summed E-state index contributed by atoms with van der Waals surface area (Å²) >= 11 is 0. The summed E-state index contributed by atoms with van der Waals surface area (Å²) in [5.74, 6) is 0. The van der Waals surface area contributed by atoms with Crippen LogP contribution in [-0.4, -0.2) is 23.5 Å². The van der Waals surface area contributed by atoms with E-state index >= 15 is 0 Å². The highest BCUT2D eigenvalue weighted by atomic mass is 28.3. The molecule has 2 nitrogen and oxygen atoms in total. The van der Waals surface area contributed by atoms with Gasteiger partial charge in [-0.2, -0.15) is 0 Å². The van der Waals surface area contributed by atoms with Gasteiger partial charge in [0.15, 0.2) is 0 Å². The molecule has 0 fully saturated rings. The minimum Gasteiger partial charge on any atom is -0.397 e. The Morgan fingerprint density at radius 2 is 0.889 bits per heavy atom. The van der Waals surface area contributed by atoms with Crippen molar-refractivity contribution in [1.82, 2.24) is 0 Å². The Morgan fingerprint density at radius 1 is 0.611 bits per heavy atom. The summed E-state index contributed by atoms with van der Waals surface area (Å²) in [6, 6.07) is 0. The van der Waals surface area contributed by atoms with E-state index in [1.807, 2.05) is 6.55 Å². The van der Waals surface area contributed by atoms with Crippen molar-refractivity contribution < 1.29 is 8.85 Å². The Labute approximate surface area is 117 Å². The van der Waals surface area contributed by atoms with Crippen molar-refractivity contribution in [2.45, 2.75) is 84.6 Å². The van der Waals surface area contributed by atoms with Crippen LogP contribution in [0.3, 0.4) is 0 Å². The zero-order valence-corrected chi connectivity index (χ0v) is 14.4. The van der Waals surface area contributed by atoms with Gasteiger partial charge in [0, 0.05) is 14.2 Å². The summed E-state index contributed by atoms with van der Waals surface area (Å²) in [5.41, 5.74) is 0. The highest BCUT2D eigenvalue weighted by Gasteiger charge is 1.97. The molecule has 0 aliphatic carbocycles. The highest BCUT2D eigenvalue weighted by molar-refractivity contribution is 6.42. The van der Waals surface area contributed by atoms with E-state index in [9.17, 15) is 0 Å². The minimum absolute atomic E-state index is 0.868. The maximum absolute atomic E-state index is 4.78. The lowest BCUT2D eigenvalue weighted by molar-refractivity contribution is 0.285. The molecule has 3 heteroatoms. The van der Waals surface area contributed by atoms with Crippen LogP contribution in [0.15, 0.2) is 0 Å². The van der Waals surface area contributed by atoms with Crippen LogP contribution < -0.4 is 0 Å². The molecule has 1 radical (unpaired) electrons. The lowest BCUT2D eigenvalue weighted by Gasteiger charge is -1.99. The molecule has 0 spiro atoms. The van der Waals surface area contributed by atoms with E-state index in [1.54, 1.807) is 14.2 Å². The molecule has 0 aromatic heterocycles. The van der Waals surface area contributed by atoms with Gasteiger partial charge in [0.25, 0.3) is 0 Å². The van der Waals surface area contributed by atoms with Crippen LogP contribution in [0.4, 0.5) is 0 Å². The molecule has 0 aromatic carbocycles. The molecule has 18 heavy (non-hydrogen) atoms. The zero-order chi connectivity index (χ0) is 14.1. The second-order valence-electron chi connectivity index (χ2n) is 4.73. The van der Waals surface area contributed by atoms with Crippen molar-refractivity contribution in [3.63, 3.8) is 0 Å². The second-order valence-corrected chi connectivity index (χ2v) is 6.53. The van der Waals surface area contributed by atoms with Crippen LogP contribution in [0.25, 0.3) is 0 Å². The van der Waals surface area contributed by atoms with Gasteiger partial charge in [-0.1, -0.05) is 78.1 Å². The Hall–Kier alpha value is 0.137. The van der Waals surface area contributed by atoms with Crippen LogP contribution in [-0.2, 0) is 8.85 Å². The van der Waals surface area contributed by atoms with Crippen LogP contribution in [0, 0.1) is 0 Å². The fraction of sp³-hybridized carbons (Fsp3) is 1.00. The molecule has 0 unspecified atom stereocenters. The average Bonchev–Trinajstić information content (AvgIpc) is 2.41. The van der Waals surface area contributed by atoms with Crippen molar-refractivity contribution in [3.8, 4) is 0 Å². The summed E-state index contributed by atoms with van der Waals surface area (Å²) < 4.78 is 9.56. The van der Waals surface area contributed by atoms with E-state index in [0.717, 1.165) is 0 Å². The first-order valence-electron chi connectivity index (χ1n) is 7.64. The van der Waals surface area contributed by atoms with E-state index in [1.165, 1.54) is 64.2 Å². The fourth-order valence-corrected chi connectivity index (χ4v) is 1.81. The molecular weight excluding hydrogens is 240 g/mol. The molecule has 0 saturated heterocycles. The lowest BCUT2D eigenvalue weighted by Crippen LogP contribution is -2.12. The predicted molar refractivity (Wildman–Crippen MR) is 83.2 cm³/mol. The zero-order valence-electron chi connectivity index (χ0n) is 13.4. The first-order valence-corrected chi connectivity index (χ1v) is 9.46. The van der Waals surface area contributed by atoms with Crippen molar-refractivity contribution in [3.05, 3.63) is 0 Å². The standard InChI is InChI=1S/C12H26.C3H9O2Si/c1-3-5-7-9-11-12-10-8-6-4-2;1-4-6(3)5-2/h3-12H2,1-2H3;1-3H3. The maximum atomic E-state index is 4.78. The van der Waals surface area contributed by atoms with Gasteiger partial charge in [0.1, 0.15) is 0 Å². The van der Waals surface area contributed by atoms with Gasteiger partial charge < -0.3 is 8.85 Å². The SMILES string of the molecule is CCCCCCCCCCCC.CO[Si](C)OC. The van der Waals surface area contributed by atoms with E-state index in [-0.39, 0.29) is 0 Å². The Balaban J connectivity index is 0. The van der Waals surface area contributed by atoms with Crippen LogP contribution in [0.5, 0.6) is 0 Å². The monoisotopic (exact) mass is 275 g/mol. The summed E-state index contributed by atoms with van der Waals surface area (Å²) in [6.45, 7) is 6.49. The molecule has 0 aliphatic rings. The topological polar surface area (TPSA) is 18.5 Å². The highest BCUT2D eigenvalue weighted by Crippen LogP contribution is 2.09. The van der Waals surface area contributed by atoms with Crippen LogP contribution in [0.1, 0.15) is 78.1 Å². The van der Waals surface area contributed by atoms with Gasteiger partial charge in [-0.25, -0.2) is 0 Å². The predicted octanol–water partition coefficient (Wildman–Crippen LogP) is 5.32. The molecule has 0 aliphatic heterocycles. The second kappa shape index (κ2) is 19.5. The summed E-state index contributed by atoms with van der Waals surface area (Å²) in [5, 5.41) is 0. The molecule has 0 amide bonds. The van der Waals surface area contributed by atoms with E-state index in [2.05, 4.69) is 13.8 Å². The van der Waals surface area contributed by atoms with Gasteiger partial charge >= 0.3 is 9.28 Å². The lowest BCUT2D eigenvalue weighted by atomic mass is 10.1. The smallest absolute Gasteiger partial charge is 0.380 e. The molecule has 0 aromatic rings. The fourth-order valence-electron chi connectivity index (χ4n) is 1.64. The normalized spacial score (nSPS) is 10.3. The third kappa shape index (κ3) is 21.4. The van der Waals surface area contributed by atoms with E-state index in [4.69, 9.17) is 8.85 Å². The Bertz CT molecular complexity index is 118. The van der Waals surface area contributed by atoms with Gasteiger partial charge in [-0.15, -0.1) is 0 Å².